The Morgan fingerprint density at radius 2 is 2.32 bits per heavy atom. The molecule has 6 heteroatoms. The van der Waals surface area contributed by atoms with Crippen molar-refractivity contribution in [1.82, 2.24) is 10.6 Å². The fraction of sp³-hybridized carbons (Fsp3) is 0.462. The number of hydrogen-bond donors (Lipinski definition) is 2. The molecule has 0 spiro atoms. The molecule has 1 aromatic rings. The normalized spacial score (nSPS) is 18.3. The van der Waals surface area contributed by atoms with Crippen LogP contribution in [0.3, 0.4) is 0 Å². The number of benzene rings is 1. The van der Waals surface area contributed by atoms with Crippen molar-refractivity contribution in [2.45, 2.75) is 18.9 Å². The average Bonchev–Trinajstić information content (AvgIpc) is 2.40. The number of ether oxygens (including phenoxy) is 1. The zero-order valence-electron chi connectivity index (χ0n) is 10.7. The molecule has 1 aliphatic rings. The lowest BCUT2D eigenvalue weighted by Gasteiger charge is -2.24. The zero-order chi connectivity index (χ0) is 13.0. The molecule has 0 unspecified atom stereocenters. The molecule has 1 aromatic carbocycles. The number of rotatable bonds is 3. The Balaban J connectivity index is 0.00000180. The van der Waals surface area contributed by atoms with Gasteiger partial charge >= 0.3 is 0 Å². The first-order valence-electron chi connectivity index (χ1n) is 6.06. The lowest BCUT2D eigenvalue weighted by molar-refractivity contribution is 0.0929. The van der Waals surface area contributed by atoms with Gasteiger partial charge in [0, 0.05) is 17.1 Å². The lowest BCUT2D eigenvalue weighted by Crippen LogP contribution is -2.45. The molecule has 1 saturated heterocycles. The molecule has 106 valence electrons. The minimum atomic E-state index is -0.0607. The van der Waals surface area contributed by atoms with Crippen LogP contribution in [0.2, 0.25) is 0 Å². The molecule has 2 rings (SSSR count). The molecule has 0 radical (unpaired) electrons. The van der Waals surface area contributed by atoms with Gasteiger partial charge in [0.1, 0.15) is 5.75 Å². The molecule has 0 saturated carbocycles. The van der Waals surface area contributed by atoms with Crippen LogP contribution in [0.4, 0.5) is 0 Å². The smallest absolute Gasteiger partial charge is 0.252 e. The van der Waals surface area contributed by atoms with Gasteiger partial charge in [0.2, 0.25) is 0 Å². The monoisotopic (exact) mass is 348 g/mol. The Labute approximate surface area is 127 Å². The molecule has 0 bridgehead atoms. The quantitative estimate of drug-likeness (QED) is 0.881. The van der Waals surface area contributed by atoms with E-state index in [1.807, 2.05) is 12.1 Å². The van der Waals surface area contributed by atoms with Crippen molar-refractivity contribution in [2.24, 2.45) is 0 Å². The van der Waals surface area contributed by atoms with Gasteiger partial charge in [-0.05, 0) is 53.5 Å². The highest BCUT2D eigenvalue weighted by atomic mass is 79.9. The molecule has 1 aliphatic heterocycles. The van der Waals surface area contributed by atoms with Crippen LogP contribution in [-0.4, -0.2) is 32.1 Å². The number of methoxy groups -OCH3 is 1. The lowest BCUT2D eigenvalue weighted by atomic mass is 10.1. The van der Waals surface area contributed by atoms with Crippen LogP contribution in [0.15, 0.2) is 22.7 Å². The molecule has 2 N–H and O–H groups in total. The Hall–Kier alpha value is -0.780. The molecule has 1 fully saturated rings. The molecular weight excluding hydrogens is 332 g/mol. The van der Waals surface area contributed by atoms with E-state index in [0.29, 0.717) is 11.3 Å². The van der Waals surface area contributed by atoms with E-state index in [4.69, 9.17) is 4.74 Å². The number of hydrogen-bond acceptors (Lipinski definition) is 3. The van der Waals surface area contributed by atoms with E-state index in [-0.39, 0.29) is 24.4 Å². The van der Waals surface area contributed by atoms with E-state index in [1.165, 1.54) is 0 Å². The average molecular weight is 350 g/mol. The van der Waals surface area contributed by atoms with E-state index >= 15 is 0 Å². The number of halogens is 2. The van der Waals surface area contributed by atoms with Gasteiger partial charge in [-0.25, -0.2) is 0 Å². The third kappa shape index (κ3) is 4.37. The van der Waals surface area contributed by atoms with E-state index in [0.717, 1.165) is 30.4 Å². The number of carbonyl (C=O) groups excluding carboxylic acids is 1. The summed E-state index contributed by atoms with van der Waals surface area (Å²) >= 11 is 3.39. The van der Waals surface area contributed by atoms with Crippen molar-refractivity contribution in [2.75, 3.05) is 20.2 Å². The molecular formula is C13H18BrClN2O2. The second-order valence-corrected chi connectivity index (χ2v) is 5.22. The zero-order valence-corrected chi connectivity index (χ0v) is 13.1. The SMILES string of the molecule is COc1ccc(Br)c(C(=O)N[C@@H]2CCCNC2)c1.Cl. The van der Waals surface area contributed by atoms with Gasteiger partial charge in [-0.15, -0.1) is 12.4 Å². The molecule has 1 heterocycles. The predicted octanol–water partition coefficient (Wildman–Crippen LogP) is 2.36. The van der Waals surface area contributed by atoms with Gasteiger partial charge in [-0.2, -0.15) is 0 Å². The first-order valence-corrected chi connectivity index (χ1v) is 6.85. The highest BCUT2D eigenvalue weighted by Crippen LogP contribution is 2.22. The van der Waals surface area contributed by atoms with Gasteiger partial charge < -0.3 is 15.4 Å². The molecule has 1 atom stereocenters. The van der Waals surface area contributed by atoms with Gasteiger partial charge in [0.25, 0.3) is 5.91 Å². The summed E-state index contributed by atoms with van der Waals surface area (Å²) in [6.07, 6.45) is 2.13. The summed E-state index contributed by atoms with van der Waals surface area (Å²) in [7, 11) is 1.59. The maximum atomic E-state index is 12.2. The number of carbonyl (C=O) groups is 1. The largest absolute Gasteiger partial charge is 0.497 e. The summed E-state index contributed by atoms with van der Waals surface area (Å²) in [5.74, 6) is 0.625. The highest BCUT2D eigenvalue weighted by molar-refractivity contribution is 9.10. The molecule has 0 aliphatic carbocycles. The summed E-state index contributed by atoms with van der Waals surface area (Å²) in [5.41, 5.74) is 0.611. The third-order valence-electron chi connectivity index (χ3n) is 3.05. The topological polar surface area (TPSA) is 50.4 Å². The van der Waals surface area contributed by atoms with Crippen LogP contribution in [-0.2, 0) is 0 Å². The van der Waals surface area contributed by atoms with Crippen molar-refractivity contribution in [3.05, 3.63) is 28.2 Å². The Morgan fingerprint density at radius 3 is 2.95 bits per heavy atom. The maximum absolute atomic E-state index is 12.2. The van der Waals surface area contributed by atoms with Gasteiger partial charge in [-0.1, -0.05) is 0 Å². The third-order valence-corrected chi connectivity index (χ3v) is 3.74. The fourth-order valence-corrected chi connectivity index (χ4v) is 2.47. The molecule has 0 aromatic heterocycles. The van der Waals surface area contributed by atoms with Crippen LogP contribution in [0.25, 0.3) is 0 Å². The van der Waals surface area contributed by atoms with Crippen LogP contribution in [0.1, 0.15) is 23.2 Å². The Kier molecular flexibility index (Phi) is 6.62. The van der Waals surface area contributed by atoms with Crippen molar-refractivity contribution < 1.29 is 9.53 Å². The Bertz CT molecular complexity index is 437. The van der Waals surface area contributed by atoms with Gasteiger partial charge in [0.15, 0.2) is 0 Å². The fourth-order valence-electron chi connectivity index (χ4n) is 2.04. The number of amides is 1. The minimum Gasteiger partial charge on any atom is -0.497 e. The van der Waals surface area contributed by atoms with Crippen molar-refractivity contribution in [3.63, 3.8) is 0 Å². The van der Waals surface area contributed by atoms with E-state index in [1.54, 1.807) is 13.2 Å². The maximum Gasteiger partial charge on any atom is 0.252 e. The first kappa shape index (κ1) is 16.3. The summed E-state index contributed by atoms with van der Waals surface area (Å²) in [4.78, 5) is 12.2. The van der Waals surface area contributed by atoms with Crippen molar-refractivity contribution in [1.29, 1.82) is 0 Å². The predicted molar refractivity (Wildman–Crippen MR) is 81.3 cm³/mol. The number of piperidine rings is 1. The minimum absolute atomic E-state index is 0. The summed E-state index contributed by atoms with van der Waals surface area (Å²) in [5, 5.41) is 6.32. The molecule has 1 amide bonds. The molecule has 4 nitrogen and oxygen atoms in total. The van der Waals surface area contributed by atoms with Crippen LogP contribution < -0.4 is 15.4 Å². The molecule has 19 heavy (non-hydrogen) atoms. The summed E-state index contributed by atoms with van der Waals surface area (Å²) < 4.78 is 5.92. The summed E-state index contributed by atoms with van der Waals surface area (Å²) in [6.45, 7) is 1.88. The summed E-state index contributed by atoms with van der Waals surface area (Å²) in [6, 6.07) is 5.61. The van der Waals surface area contributed by atoms with E-state index < -0.39 is 0 Å². The highest BCUT2D eigenvalue weighted by Gasteiger charge is 2.18. The standard InChI is InChI=1S/C13H17BrN2O2.ClH/c1-18-10-4-5-12(14)11(7-10)13(17)16-9-3-2-6-15-8-9;/h4-5,7,9,15H,2-3,6,8H2,1H3,(H,16,17);1H/t9-;/m1./s1. The van der Waals surface area contributed by atoms with Gasteiger partial charge in [0.05, 0.1) is 12.7 Å². The van der Waals surface area contributed by atoms with Gasteiger partial charge in [-0.3, -0.25) is 4.79 Å². The van der Waals surface area contributed by atoms with E-state index in [2.05, 4.69) is 26.6 Å². The van der Waals surface area contributed by atoms with Crippen molar-refractivity contribution >= 4 is 34.2 Å². The second-order valence-electron chi connectivity index (χ2n) is 4.36. The van der Waals surface area contributed by atoms with Crippen LogP contribution in [0, 0.1) is 0 Å². The first-order chi connectivity index (χ1) is 8.70. The number of nitrogens with one attached hydrogen (secondary N) is 2. The van der Waals surface area contributed by atoms with Crippen LogP contribution in [0.5, 0.6) is 5.75 Å². The van der Waals surface area contributed by atoms with E-state index in [9.17, 15) is 4.79 Å². The van der Waals surface area contributed by atoms with Crippen LogP contribution >= 0.6 is 28.3 Å². The van der Waals surface area contributed by atoms with Crippen molar-refractivity contribution in [3.8, 4) is 5.75 Å². The Morgan fingerprint density at radius 1 is 1.53 bits per heavy atom. The second kappa shape index (κ2) is 7.72.